The van der Waals surface area contributed by atoms with Gasteiger partial charge in [-0.25, -0.2) is 4.79 Å². The molecule has 0 N–H and O–H groups in total. The lowest BCUT2D eigenvalue weighted by Crippen LogP contribution is -2.45. The zero-order valence-corrected chi connectivity index (χ0v) is 15.7. The SMILES string of the molecule is CCN(CC)C(=O)N1CCC(=C(C#N)c2ccc(SCl)cc2)CC1. The summed E-state index contributed by atoms with van der Waals surface area (Å²) in [4.78, 5) is 17.1. The summed E-state index contributed by atoms with van der Waals surface area (Å²) in [5.74, 6) is 0. The number of halogens is 1. The van der Waals surface area contributed by atoms with E-state index in [1.807, 2.05) is 47.9 Å². The number of piperidine rings is 1. The Balaban J connectivity index is 2.11. The predicted octanol–water partition coefficient (Wildman–Crippen LogP) is 4.77. The molecule has 24 heavy (non-hydrogen) atoms. The number of urea groups is 1. The average Bonchev–Trinajstić information content (AvgIpc) is 2.64. The second kappa shape index (κ2) is 9.00. The number of rotatable bonds is 4. The Morgan fingerprint density at radius 3 is 2.29 bits per heavy atom. The van der Waals surface area contributed by atoms with Crippen molar-refractivity contribution in [2.45, 2.75) is 31.6 Å². The molecular formula is C18H22ClN3OS. The van der Waals surface area contributed by atoms with Gasteiger partial charge in [0.1, 0.15) is 0 Å². The van der Waals surface area contributed by atoms with Crippen LogP contribution in [0.25, 0.3) is 5.57 Å². The summed E-state index contributed by atoms with van der Waals surface area (Å²) < 4.78 is 0. The average molecular weight is 364 g/mol. The molecule has 1 aromatic carbocycles. The van der Waals surface area contributed by atoms with Gasteiger partial charge in [0.05, 0.1) is 11.6 Å². The lowest BCUT2D eigenvalue weighted by molar-refractivity contribution is 0.154. The molecule has 0 radical (unpaired) electrons. The van der Waals surface area contributed by atoms with Crippen LogP contribution in [0.5, 0.6) is 0 Å². The van der Waals surface area contributed by atoms with E-state index in [0.29, 0.717) is 13.1 Å². The van der Waals surface area contributed by atoms with Gasteiger partial charge in [0.25, 0.3) is 0 Å². The Labute approximate surface area is 152 Å². The predicted molar refractivity (Wildman–Crippen MR) is 99.8 cm³/mol. The first-order chi connectivity index (χ1) is 11.6. The van der Waals surface area contributed by atoms with Gasteiger partial charge in [0.2, 0.25) is 0 Å². The van der Waals surface area contributed by atoms with Gasteiger partial charge in [-0.2, -0.15) is 5.26 Å². The van der Waals surface area contributed by atoms with Crippen molar-refractivity contribution in [3.8, 4) is 6.07 Å². The van der Waals surface area contributed by atoms with E-state index in [0.717, 1.165) is 47.5 Å². The van der Waals surface area contributed by atoms with Crippen molar-refractivity contribution in [2.24, 2.45) is 0 Å². The lowest BCUT2D eigenvalue weighted by Gasteiger charge is -2.33. The molecule has 128 valence electrons. The number of amides is 2. The highest BCUT2D eigenvalue weighted by molar-refractivity contribution is 8.21. The van der Waals surface area contributed by atoms with Crippen molar-refractivity contribution in [1.29, 1.82) is 5.26 Å². The molecule has 1 fully saturated rings. The van der Waals surface area contributed by atoms with Crippen LogP contribution in [-0.4, -0.2) is 42.0 Å². The number of nitrogens with zero attached hydrogens (tertiary/aromatic N) is 3. The Morgan fingerprint density at radius 1 is 1.25 bits per heavy atom. The molecule has 1 aromatic rings. The van der Waals surface area contributed by atoms with Gasteiger partial charge in [-0.3, -0.25) is 0 Å². The minimum atomic E-state index is 0.0982. The maximum absolute atomic E-state index is 12.4. The van der Waals surface area contributed by atoms with E-state index in [2.05, 4.69) is 6.07 Å². The summed E-state index contributed by atoms with van der Waals surface area (Å²) in [7, 11) is 6.90. The highest BCUT2D eigenvalue weighted by Crippen LogP contribution is 2.29. The van der Waals surface area contributed by atoms with Crippen molar-refractivity contribution < 1.29 is 4.79 Å². The normalized spacial score (nSPS) is 14.2. The fourth-order valence-electron chi connectivity index (χ4n) is 2.93. The van der Waals surface area contributed by atoms with E-state index in [4.69, 9.17) is 10.7 Å². The van der Waals surface area contributed by atoms with Gasteiger partial charge in [-0.05, 0) is 71.6 Å². The minimum Gasteiger partial charge on any atom is -0.325 e. The monoisotopic (exact) mass is 363 g/mol. The van der Waals surface area contributed by atoms with Crippen LogP contribution in [-0.2, 0) is 0 Å². The number of allylic oxidation sites excluding steroid dienone is 1. The molecule has 1 saturated heterocycles. The molecule has 0 bridgehead atoms. The molecule has 1 heterocycles. The third kappa shape index (κ3) is 4.25. The Hall–Kier alpha value is -1.64. The van der Waals surface area contributed by atoms with Crippen molar-refractivity contribution in [1.82, 2.24) is 9.80 Å². The third-order valence-corrected chi connectivity index (χ3v) is 5.35. The lowest BCUT2D eigenvalue weighted by atomic mass is 9.94. The number of hydrogen-bond donors (Lipinski definition) is 0. The van der Waals surface area contributed by atoms with E-state index < -0.39 is 0 Å². The van der Waals surface area contributed by atoms with Crippen LogP contribution < -0.4 is 0 Å². The molecule has 0 atom stereocenters. The second-order valence-corrected chi connectivity index (χ2v) is 6.72. The van der Waals surface area contributed by atoms with Crippen molar-refractivity contribution in [3.05, 3.63) is 35.4 Å². The number of carbonyl (C=O) groups excluding carboxylic acids is 1. The molecule has 0 aliphatic carbocycles. The summed E-state index contributed by atoms with van der Waals surface area (Å²) in [6.45, 7) is 6.78. The van der Waals surface area contributed by atoms with Gasteiger partial charge < -0.3 is 9.80 Å². The summed E-state index contributed by atoms with van der Waals surface area (Å²) in [6, 6.07) is 10.1. The standard InChI is InChI=1S/C18H22ClN3OS/c1-3-21(4-2)18(23)22-11-9-15(10-12-22)17(13-20)14-5-7-16(24-19)8-6-14/h5-8H,3-4,9-12H2,1-2H3. The smallest absolute Gasteiger partial charge is 0.319 e. The van der Waals surface area contributed by atoms with Crippen LogP contribution in [0.15, 0.2) is 34.7 Å². The fourth-order valence-corrected chi connectivity index (χ4v) is 3.48. The van der Waals surface area contributed by atoms with Crippen LogP contribution in [0.1, 0.15) is 32.3 Å². The quantitative estimate of drug-likeness (QED) is 0.724. The molecule has 2 amide bonds. The van der Waals surface area contributed by atoms with Crippen LogP contribution in [0.2, 0.25) is 0 Å². The highest BCUT2D eigenvalue weighted by Gasteiger charge is 2.24. The van der Waals surface area contributed by atoms with Gasteiger partial charge >= 0.3 is 6.03 Å². The molecule has 4 nitrogen and oxygen atoms in total. The molecule has 2 rings (SSSR count). The van der Waals surface area contributed by atoms with Crippen LogP contribution >= 0.6 is 21.7 Å². The van der Waals surface area contributed by atoms with Crippen molar-refractivity contribution in [3.63, 3.8) is 0 Å². The molecular weight excluding hydrogens is 342 g/mol. The van der Waals surface area contributed by atoms with Crippen LogP contribution in [0, 0.1) is 11.3 Å². The maximum Gasteiger partial charge on any atom is 0.319 e. The third-order valence-electron chi connectivity index (χ3n) is 4.37. The molecule has 6 heteroatoms. The van der Waals surface area contributed by atoms with E-state index in [-0.39, 0.29) is 6.03 Å². The largest absolute Gasteiger partial charge is 0.325 e. The minimum absolute atomic E-state index is 0.0982. The van der Waals surface area contributed by atoms with Gasteiger partial charge in [0, 0.05) is 31.1 Å². The first kappa shape index (κ1) is 18.7. The number of benzene rings is 1. The summed E-state index contributed by atoms with van der Waals surface area (Å²) in [6.07, 6.45) is 1.50. The van der Waals surface area contributed by atoms with Gasteiger partial charge in [-0.1, -0.05) is 12.1 Å². The second-order valence-electron chi connectivity index (χ2n) is 5.63. The van der Waals surface area contributed by atoms with Crippen LogP contribution in [0.3, 0.4) is 0 Å². The fraction of sp³-hybridized carbons (Fsp3) is 0.444. The topological polar surface area (TPSA) is 47.3 Å². The first-order valence-electron chi connectivity index (χ1n) is 8.19. The molecule has 0 saturated carbocycles. The Bertz CT molecular complexity index is 637. The number of hydrogen-bond acceptors (Lipinski definition) is 3. The molecule has 0 aromatic heterocycles. The van der Waals surface area contributed by atoms with Crippen LogP contribution in [0.4, 0.5) is 4.79 Å². The van der Waals surface area contributed by atoms with Gasteiger partial charge in [0.15, 0.2) is 0 Å². The number of carbonyl (C=O) groups is 1. The first-order valence-corrected chi connectivity index (χ1v) is 9.83. The van der Waals surface area contributed by atoms with E-state index in [1.54, 1.807) is 0 Å². The maximum atomic E-state index is 12.4. The van der Waals surface area contributed by atoms with E-state index in [9.17, 15) is 10.1 Å². The molecule has 0 spiro atoms. The number of likely N-dealkylation sites (tertiary alicyclic amines) is 1. The Morgan fingerprint density at radius 2 is 1.83 bits per heavy atom. The molecule has 1 aliphatic heterocycles. The number of nitriles is 1. The van der Waals surface area contributed by atoms with E-state index >= 15 is 0 Å². The summed E-state index contributed by atoms with van der Waals surface area (Å²) >= 11 is 0. The zero-order chi connectivity index (χ0) is 17.5. The molecule has 1 aliphatic rings. The Kier molecular flexibility index (Phi) is 7.01. The summed E-state index contributed by atoms with van der Waals surface area (Å²) in [5.41, 5.74) is 2.79. The van der Waals surface area contributed by atoms with Crippen molar-refractivity contribution >= 4 is 33.3 Å². The van der Waals surface area contributed by atoms with E-state index in [1.165, 1.54) is 11.0 Å². The van der Waals surface area contributed by atoms with Gasteiger partial charge in [-0.15, -0.1) is 0 Å². The highest BCUT2D eigenvalue weighted by atomic mass is 35.7. The summed E-state index contributed by atoms with van der Waals surface area (Å²) in [5, 5.41) is 9.57. The molecule has 0 unspecified atom stereocenters. The zero-order valence-electron chi connectivity index (χ0n) is 14.1. The van der Waals surface area contributed by atoms with Crippen molar-refractivity contribution in [2.75, 3.05) is 26.2 Å².